The first-order valence-electron chi connectivity index (χ1n) is 8.16. The van der Waals surface area contributed by atoms with E-state index in [1.807, 2.05) is 44.2 Å². The van der Waals surface area contributed by atoms with E-state index in [0.29, 0.717) is 12.5 Å². The smallest absolute Gasteiger partial charge is 0.242 e. The van der Waals surface area contributed by atoms with Gasteiger partial charge in [0.05, 0.1) is 0 Å². The van der Waals surface area contributed by atoms with Gasteiger partial charge in [-0.2, -0.15) is 0 Å². The van der Waals surface area contributed by atoms with Crippen molar-refractivity contribution in [1.82, 2.24) is 16.0 Å². The summed E-state index contributed by atoms with van der Waals surface area (Å²) in [4.78, 5) is 16.1. The molecule has 0 atom stereocenters. The number of carbonyl (C=O) groups excluding carboxylic acids is 1. The zero-order valence-electron chi connectivity index (χ0n) is 14.1. The monoisotopic (exact) mass is 320 g/mol. The van der Waals surface area contributed by atoms with E-state index in [4.69, 9.17) is 4.74 Å². The molecule has 1 aromatic carbocycles. The first kappa shape index (κ1) is 19.0. The summed E-state index contributed by atoms with van der Waals surface area (Å²) in [6, 6.07) is 9.82. The summed E-state index contributed by atoms with van der Waals surface area (Å²) in [6.45, 7) is 7.57. The molecule has 0 spiro atoms. The van der Waals surface area contributed by atoms with Gasteiger partial charge in [-0.1, -0.05) is 30.3 Å². The summed E-state index contributed by atoms with van der Waals surface area (Å²) in [6.07, 6.45) is 0.901. The SMILES string of the molecule is CCNC(=NCC(=O)NCc1ccccc1)NCCCOCC. The van der Waals surface area contributed by atoms with E-state index in [1.54, 1.807) is 0 Å². The van der Waals surface area contributed by atoms with Crippen LogP contribution in [0.5, 0.6) is 0 Å². The molecule has 0 fully saturated rings. The number of carbonyl (C=O) groups is 1. The van der Waals surface area contributed by atoms with Crippen molar-refractivity contribution in [2.24, 2.45) is 4.99 Å². The van der Waals surface area contributed by atoms with Crippen molar-refractivity contribution >= 4 is 11.9 Å². The van der Waals surface area contributed by atoms with Crippen molar-refractivity contribution in [3.63, 3.8) is 0 Å². The molecule has 0 aliphatic carbocycles. The van der Waals surface area contributed by atoms with E-state index < -0.39 is 0 Å². The molecule has 128 valence electrons. The average molecular weight is 320 g/mol. The molecular formula is C17H28N4O2. The Kier molecular flexibility index (Phi) is 10.3. The number of amides is 1. The number of hydrogen-bond acceptors (Lipinski definition) is 3. The fraction of sp³-hybridized carbons (Fsp3) is 0.529. The van der Waals surface area contributed by atoms with Gasteiger partial charge in [0.1, 0.15) is 6.54 Å². The number of aliphatic imine (C=N–C) groups is 1. The highest BCUT2D eigenvalue weighted by molar-refractivity contribution is 5.84. The Morgan fingerprint density at radius 1 is 1.13 bits per heavy atom. The summed E-state index contributed by atoms with van der Waals surface area (Å²) in [7, 11) is 0. The van der Waals surface area contributed by atoms with Crippen molar-refractivity contribution in [3.05, 3.63) is 35.9 Å². The molecule has 1 rings (SSSR count). The minimum absolute atomic E-state index is 0.0969. The molecule has 0 unspecified atom stereocenters. The van der Waals surface area contributed by atoms with Crippen molar-refractivity contribution in [3.8, 4) is 0 Å². The maximum absolute atomic E-state index is 11.8. The third-order valence-electron chi connectivity index (χ3n) is 3.02. The van der Waals surface area contributed by atoms with Gasteiger partial charge in [-0.05, 0) is 25.8 Å². The number of benzene rings is 1. The molecule has 0 aliphatic heterocycles. The Labute approximate surface area is 138 Å². The van der Waals surface area contributed by atoms with Gasteiger partial charge in [-0.25, -0.2) is 4.99 Å². The van der Waals surface area contributed by atoms with Crippen molar-refractivity contribution in [2.45, 2.75) is 26.8 Å². The van der Waals surface area contributed by atoms with Crippen molar-refractivity contribution < 1.29 is 9.53 Å². The van der Waals surface area contributed by atoms with Crippen LogP contribution in [0.1, 0.15) is 25.8 Å². The van der Waals surface area contributed by atoms with Crippen LogP contribution in [0.3, 0.4) is 0 Å². The fourth-order valence-corrected chi connectivity index (χ4v) is 1.87. The highest BCUT2D eigenvalue weighted by atomic mass is 16.5. The molecule has 0 saturated heterocycles. The van der Waals surface area contributed by atoms with Gasteiger partial charge in [0.25, 0.3) is 0 Å². The summed E-state index contributed by atoms with van der Waals surface area (Å²) in [5.41, 5.74) is 1.07. The van der Waals surface area contributed by atoms with Gasteiger partial charge >= 0.3 is 0 Å². The van der Waals surface area contributed by atoms with Gasteiger partial charge in [-0.15, -0.1) is 0 Å². The molecule has 0 radical (unpaired) electrons. The lowest BCUT2D eigenvalue weighted by atomic mass is 10.2. The molecule has 6 nitrogen and oxygen atoms in total. The second-order valence-electron chi connectivity index (χ2n) is 4.93. The van der Waals surface area contributed by atoms with E-state index in [9.17, 15) is 4.79 Å². The van der Waals surface area contributed by atoms with Crippen molar-refractivity contribution in [1.29, 1.82) is 0 Å². The second kappa shape index (κ2) is 12.5. The topological polar surface area (TPSA) is 74.8 Å². The molecule has 1 amide bonds. The van der Waals surface area contributed by atoms with Crippen LogP contribution in [0.2, 0.25) is 0 Å². The van der Waals surface area contributed by atoms with E-state index in [0.717, 1.165) is 38.3 Å². The number of rotatable bonds is 10. The minimum Gasteiger partial charge on any atom is -0.382 e. The van der Waals surface area contributed by atoms with E-state index in [2.05, 4.69) is 20.9 Å². The molecule has 0 heterocycles. The van der Waals surface area contributed by atoms with Gasteiger partial charge in [0.2, 0.25) is 5.91 Å². The number of nitrogens with zero attached hydrogens (tertiary/aromatic N) is 1. The molecule has 0 bridgehead atoms. The van der Waals surface area contributed by atoms with Gasteiger partial charge in [0.15, 0.2) is 5.96 Å². The predicted octanol–water partition coefficient (Wildman–Crippen LogP) is 1.28. The minimum atomic E-state index is -0.0969. The Morgan fingerprint density at radius 2 is 1.91 bits per heavy atom. The zero-order chi connectivity index (χ0) is 16.8. The largest absolute Gasteiger partial charge is 0.382 e. The first-order valence-corrected chi connectivity index (χ1v) is 8.16. The van der Waals surface area contributed by atoms with Gasteiger partial charge < -0.3 is 20.7 Å². The van der Waals surface area contributed by atoms with Gasteiger partial charge in [-0.3, -0.25) is 4.79 Å². The van der Waals surface area contributed by atoms with Crippen LogP contribution in [0.25, 0.3) is 0 Å². The molecule has 0 aliphatic rings. The molecular weight excluding hydrogens is 292 g/mol. The molecule has 0 aromatic heterocycles. The summed E-state index contributed by atoms with van der Waals surface area (Å²) < 4.78 is 5.28. The van der Waals surface area contributed by atoms with Crippen molar-refractivity contribution in [2.75, 3.05) is 32.8 Å². The number of ether oxygens (including phenoxy) is 1. The Bertz CT molecular complexity index is 463. The summed E-state index contributed by atoms with van der Waals surface area (Å²) in [5, 5.41) is 9.17. The summed E-state index contributed by atoms with van der Waals surface area (Å²) >= 11 is 0. The molecule has 0 saturated carbocycles. The van der Waals surface area contributed by atoms with Crippen LogP contribution in [-0.2, 0) is 16.1 Å². The van der Waals surface area contributed by atoms with E-state index in [-0.39, 0.29) is 12.5 Å². The second-order valence-corrected chi connectivity index (χ2v) is 4.93. The Hall–Kier alpha value is -2.08. The number of nitrogens with one attached hydrogen (secondary N) is 3. The molecule has 1 aromatic rings. The maximum Gasteiger partial charge on any atom is 0.242 e. The third-order valence-corrected chi connectivity index (χ3v) is 3.02. The molecule has 6 heteroatoms. The Morgan fingerprint density at radius 3 is 2.61 bits per heavy atom. The summed E-state index contributed by atoms with van der Waals surface area (Å²) in [5.74, 6) is 0.555. The van der Waals surface area contributed by atoms with Crippen LogP contribution in [0.15, 0.2) is 35.3 Å². The van der Waals surface area contributed by atoms with Crippen LogP contribution < -0.4 is 16.0 Å². The molecule has 3 N–H and O–H groups in total. The lowest BCUT2D eigenvalue weighted by Gasteiger charge is -2.11. The number of hydrogen-bond donors (Lipinski definition) is 3. The zero-order valence-corrected chi connectivity index (χ0v) is 14.1. The quantitative estimate of drug-likeness (QED) is 0.345. The molecule has 23 heavy (non-hydrogen) atoms. The Balaban J connectivity index is 2.29. The van der Waals surface area contributed by atoms with Crippen LogP contribution in [0.4, 0.5) is 0 Å². The fourth-order valence-electron chi connectivity index (χ4n) is 1.87. The number of guanidine groups is 1. The lowest BCUT2D eigenvalue weighted by Crippen LogP contribution is -2.39. The lowest BCUT2D eigenvalue weighted by molar-refractivity contribution is -0.119. The van der Waals surface area contributed by atoms with Gasteiger partial charge in [0, 0.05) is 32.8 Å². The first-order chi connectivity index (χ1) is 11.3. The average Bonchev–Trinajstić information content (AvgIpc) is 2.58. The van der Waals surface area contributed by atoms with E-state index in [1.165, 1.54) is 0 Å². The standard InChI is InChI=1S/C17H28N4O2/c1-3-18-17(19-11-8-12-23-4-2)21-14-16(22)20-13-15-9-6-5-7-10-15/h5-7,9-10H,3-4,8,11-14H2,1-2H3,(H,20,22)(H2,18,19,21). The van der Waals surface area contributed by atoms with E-state index >= 15 is 0 Å². The maximum atomic E-state index is 11.8. The highest BCUT2D eigenvalue weighted by Gasteiger charge is 2.02. The third kappa shape index (κ3) is 9.52. The van der Waals surface area contributed by atoms with Crippen LogP contribution >= 0.6 is 0 Å². The highest BCUT2D eigenvalue weighted by Crippen LogP contribution is 1.96. The normalized spacial score (nSPS) is 11.1. The van der Waals surface area contributed by atoms with Crippen LogP contribution in [-0.4, -0.2) is 44.7 Å². The predicted molar refractivity (Wildman–Crippen MR) is 93.4 cm³/mol. The van der Waals surface area contributed by atoms with Crippen LogP contribution in [0, 0.1) is 0 Å².